The van der Waals surface area contributed by atoms with Gasteiger partial charge in [-0.3, -0.25) is 4.90 Å². The molecule has 0 aromatic rings. The minimum atomic E-state index is -2.63. The minimum absolute atomic E-state index is 0.159. The molecule has 0 heterocycles. The predicted octanol–water partition coefficient (Wildman–Crippen LogP) is 1.96. The highest BCUT2D eigenvalue weighted by Crippen LogP contribution is 2.14. The van der Waals surface area contributed by atoms with Gasteiger partial charge in [-0.1, -0.05) is 6.92 Å². The van der Waals surface area contributed by atoms with Gasteiger partial charge in [-0.05, 0) is 33.9 Å². The Bertz CT molecular complexity index is 149. The Morgan fingerprint density at radius 2 is 1.93 bits per heavy atom. The second-order valence-corrected chi connectivity index (χ2v) is 4.04. The van der Waals surface area contributed by atoms with Gasteiger partial charge in [0, 0.05) is 6.04 Å². The lowest BCUT2D eigenvalue weighted by Gasteiger charge is -2.26. The van der Waals surface area contributed by atoms with Crippen molar-refractivity contribution in [3.63, 3.8) is 0 Å². The first-order valence-corrected chi connectivity index (χ1v) is 5.18. The molecule has 4 heteroatoms. The van der Waals surface area contributed by atoms with Crippen LogP contribution in [0.15, 0.2) is 0 Å². The van der Waals surface area contributed by atoms with Crippen molar-refractivity contribution in [3.8, 4) is 0 Å². The lowest BCUT2D eigenvalue weighted by Crippen LogP contribution is -2.44. The van der Waals surface area contributed by atoms with Crippen molar-refractivity contribution >= 4 is 0 Å². The monoisotopic (exact) mass is 208 g/mol. The van der Waals surface area contributed by atoms with E-state index in [1.165, 1.54) is 0 Å². The van der Waals surface area contributed by atoms with Gasteiger partial charge in [-0.15, -0.1) is 0 Å². The molecule has 0 radical (unpaired) electrons. The van der Waals surface area contributed by atoms with Gasteiger partial charge in [0.25, 0.3) is 5.92 Å². The Morgan fingerprint density at radius 1 is 1.36 bits per heavy atom. The Hall–Kier alpha value is -0.220. The van der Waals surface area contributed by atoms with E-state index in [0.717, 1.165) is 6.42 Å². The zero-order valence-electron chi connectivity index (χ0n) is 9.61. The van der Waals surface area contributed by atoms with Crippen LogP contribution in [0.2, 0.25) is 0 Å². The van der Waals surface area contributed by atoms with Gasteiger partial charge in [0.1, 0.15) is 0 Å². The molecule has 1 N–H and O–H groups in total. The molecule has 0 bridgehead atoms. The van der Waals surface area contributed by atoms with Crippen LogP contribution in [-0.2, 0) is 0 Å². The van der Waals surface area contributed by atoms with Crippen molar-refractivity contribution in [3.05, 3.63) is 0 Å². The first-order valence-electron chi connectivity index (χ1n) is 5.18. The van der Waals surface area contributed by atoms with Gasteiger partial charge in [0.15, 0.2) is 0 Å². The fourth-order valence-corrected chi connectivity index (χ4v) is 1.05. The number of alkyl halides is 2. The smallest absolute Gasteiger partial charge is 0.272 e. The average Bonchev–Trinajstić information content (AvgIpc) is 2.03. The lowest BCUT2D eigenvalue weighted by molar-refractivity contribution is -0.0306. The van der Waals surface area contributed by atoms with Crippen molar-refractivity contribution in [1.29, 1.82) is 0 Å². The molecule has 0 saturated carbocycles. The van der Waals surface area contributed by atoms with Crippen LogP contribution in [0.3, 0.4) is 0 Å². The van der Waals surface area contributed by atoms with Gasteiger partial charge in [-0.25, -0.2) is 8.78 Å². The molecule has 0 aromatic carbocycles. The largest absolute Gasteiger partial charge is 0.311 e. The molecule has 0 aliphatic rings. The SMILES string of the molecule is CCCNCC(F)(F)CN(C)C(C)C. The summed E-state index contributed by atoms with van der Waals surface area (Å²) in [6.07, 6.45) is 0.885. The molecule has 86 valence electrons. The van der Waals surface area contributed by atoms with Crippen molar-refractivity contribution < 1.29 is 8.78 Å². The van der Waals surface area contributed by atoms with Crippen molar-refractivity contribution in [2.24, 2.45) is 0 Å². The van der Waals surface area contributed by atoms with Gasteiger partial charge in [0.05, 0.1) is 13.1 Å². The third-order valence-corrected chi connectivity index (χ3v) is 2.17. The average molecular weight is 208 g/mol. The quantitative estimate of drug-likeness (QED) is 0.643. The van der Waals surface area contributed by atoms with E-state index < -0.39 is 5.92 Å². The number of hydrogen-bond acceptors (Lipinski definition) is 2. The minimum Gasteiger partial charge on any atom is -0.311 e. The van der Waals surface area contributed by atoms with Crippen LogP contribution in [0.1, 0.15) is 27.2 Å². The highest BCUT2D eigenvalue weighted by Gasteiger charge is 2.30. The Morgan fingerprint density at radius 3 is 2.36 bits per heavy atom. The molecule has 0 unspecified atom stereocenters. The van der Waals surface area contributed by atoms with Crippen LogP contribution in [-0.4, -0.2) is 43.5 Å². The summed E-state index contributed by atoms with van der Waals surface area (Å²) in [5.41, 5.74) is 0. The summed E-state index contributed by atoms with van der Waals surface area (Å²) in [6.45, 7) is 6.04. The van der Waals surface area contributed by atoms with E-state index in [9.17, 15) is 8.78 Å². The van der Waals surface area contributed by atoms with Crippen LogP contribution < -0.4 is 5.32 Å². The molecule has 0 aliphatic carbocycles. The molecule has 0 aromatic heterocycles. The number of nitrogens with zero attached hydrogens (tertiary/aromatic N) is 1. The van der Waals surface area contributed by atoms with Crippen molar-refractivity contribution in [2.75, 3.05) is 26.7 Å². The van der Waals surface area contributed by atoms with E-state index in [1.54, 1.807) is 11.9 Å². The standard InChI is InChI=1S/C10H22F2N2/c1-5-6-13-7-10(11,12)8-14(4)9(2)3/h9,13H,5-8H2,1-4H3. The van der Waals surface area contributed by atoms with Crippen LogP contribution in [0.4, 0.5) is 8.78 Å². The van der Waals surface area contributed by atoms with Crippen LogP contribution in [0.5, 0.6) is 0 Å². The highest BCUT2D eigenvalue weighted by atomic mass is 19.3. The highest BCUT2D eigenvalue weighted by molar-refractivity contribution is 4.74. The summed E-state index contributed by atoms with van der Waals surface area (Å²) >= 11 is 0. The Labute approximate surface area is 85.7 Å². The zero-order valence-corrected chi connectivity index (χ0v) is 9.61. The third kappa shape index (κ3) is 6.27. The number of nitrogens with one attached hydrogen (secondary N) is 1. The topological polar surface area (TPSA) is 15.3 Å². The van der Waals surface area contributed by atoms with E-state index in [1.807, 2.05) is 20.8 Å². The molecular weight excluding hydrogens is 186 g/mol. The zero-order chi connectivity index (χ0) is 11.2. The summed E-state index contributed by atoms with van der Waals surface area (Å²) in [7, 11) is 1.72. The first-order chi connectivity index (χ1) is 6.39. The molecule has 0 atom stereocenters. The Kier molecular flexibility index (Phi) is 6.20. The summed E-state index contributed by atoms with van der Waals surface area (Å²) in [4.78, 5) is 1.66. The van der Waals surface area contributed by atoms with Gasteiger partial charge >= 0.3 is 0 Å². The maximum absolute atomic E-state index is 13.3. The van der Waals surface area contributed by atoms with Gasteiger partial charge < -0.3 is 5.32 Å². The molecule has 0 rings (SSSR count). The maximum atomic E-state index is 13.3. The molecule has 0 fully saturated rings. The summed E-state index contributed by atoms with van der Waals surface area (Å²) in [5, 5.41) is 2.74. The molecule has 0 spiro atoms. The van der Waals surface area contributed by atoms with E-state index in [2.05, 4.69) is 5.32 Å². The maximum Gasteiger partial charge on any atom is 0.272 e. The van der Waals surface area contributed by atoms with E-state index in [4.69, 9.17) is 0 Å². The van der Waals surface area contributed by atoms with E-state index >= 15 is 0 Å². The normalized spacial score (nSPS) is 12.9. The number of halogens is 2. The summed E-state index contributed by atoms with van der Waals surface area (Å²) in [5.74, 6) is -2.63. The van der Waals surface area contributed by atoms with Crippen molar-refractivity contribution in [2.45, 2.75) is 39.2 Å². The second kappa shape index (κ2) is 6.30. The first kappa shape index (κ1) is 13.8. The molecule has 0 saturated heterocycles. The fraction of sp³-hybridized carbons (Fsp3) is 1.00. The van der Waals surface area contributed by atoms with Crippen LogP contribution >= 0.6 is 0 Å². The molecule has 0 amide bonds. The van der Waals surface area contributed by atoms with Crippen LogP contribution in [0, 0.1) is 0 Å². The summed E-state index contributed by atoms with van der Waals surface area (Å²) in [6, 6.07) is 0.159. The van der Waals surface area contributed by atoms with Crippen molar-refractivity contribution in [1.82, 2.24) is 10.2 Å². The number of rotatable bonds is 7. The fourth-order valence-electron chi connectivity index (χ4n) is 1.05. The molecule has 14 heavy (non-hydrogen) atoms. The molecular formula is C10H22F2N2. The Balaban J connectivity index is 3.81. The molecule has 0 aliphatic heterocycles. The summed E-state index contributed by atoms with van der Waals surface area (Å²) < 4.78 is 26.5. The lowest BCUT2D eigenvalue weighted by atomic mass is 10.2. The predicted molar refractivity (Wildman–Crippen MR) is 55.9 cm³/mol. The van der Waals surface area contributed by atoms with E-state index in [0.29, 0.717) is 6.54 Å². The third-order valence-electron chi connectivity index (χ3n) is 2.17. The second-order valence-electron chi connectivity index (χ2n) is 4.04. The van der Waals surface area contributed by atoms with Gasteiger partial charge in [-0.2, -0.15) is 0 Å². The van der Waals surface area contributed by atoms with E-state index in [-0.39, 0.29) is 19.1 Å². The van der Waals surface area contributed by atoms with Gasteiger partial charge in [0.2, 0.25) is 0 Å². The molecule has 2 nitrogen and oxygen atoms in total. The number of hydrogen-bond donors (Lipinski definition) is 1. The van der Waals surface area contributed by atoms with Crippen LogP contribution in [0.25, 0.3) is 0 Å².